The van der Waals surface area contributed by atoms with E-state index in [-0.39, 0.29) is 21.1 Å². The zero-order chi connectivity index (χ0) is 34.7. The summed E-state index contributed by atoms with van der Waals surface area (Å²) >= 11 is 0. The molecule has 0 saturated heterocycles. The number of hydrogen-bond donors (Lipinski definition) is 0. The fraction of sp³-hybridized carbons (Fsp3) is 0.0638. The van der Waals surface area contributed by atoms with Gasteiger partial charge in [-0.1, -0.05) is 107 Å². The van der Waals surface area contributed by atoms with Crippen molar-refractivity contribution in [3.05, 3.63) is 156 Å². The SMILES string of the molecule is Cc1cc(C)c(-c2cn3c4ccccc4c4ccc(Oc5[c-]c6c(cc5)c5cccc7c8c(-c9ccccc9)ccnc8n6c57)[c-]c4c3n2)c(C)c1.[Pt+2]. The van der Waals surface area contributed by atoms with Crippen molar-refractivity contribution in [2.24, 2.45) is 0 Å². The molecule has 53 heavy (non-hydrogen) atoms. The average molecular weight is 862 g/mol. The van der Waals surface area contributed by atoms with Gasteiger partial charge in [-0.25, -0.2) is 4.98 Å². The van der Waals surface area contributed by atoms with E-state index < -0.39 is 0 Å². The maximum absolute atomic E-state index is 6.61. The Hall–Kier alpha value is -6.03. The molecular formula is C47H30N4OPt. The van der Waals surface area contributed by atoms with E-state index in [0.29, 0.717) is 11.5 Å². The van der Waals surface area contributed by atoms with Crippen LogP contribution in [-0.4, -0.2) is 18.8 Å². The zero-order valence-electron chi connectivity index (χ0n) is 29.1. The standard InChI is InChI=1S/C47H30N4O.Pt/c1-27-22-28(2)43(29(3)23-27)40-26-50-41-15-8-7-12-35(41)34-18-16-31(24-39(34)46(50)49-40)52-32-17-19-36-37-13-9-14-38-44-33(30-10-5-4-6-11-30)20-21-48-47(44)51(45(37)38)42(36)25-32;/h4-23,26H,1-3H3;/q-2;+2. The molecule has 254 valence electrons. The summed E-state index contributed by atoms with van der Waals surface area (Å²) in [6, 6.07) is 47.6. The van der Waals surface area contributed by atoms with Crippen LogP contribution < -0.4 is 4.74 Å². The Morgan fingerprint density at radius 1 is 0.642 bits per heavy atom. The number of nitrogens with zero attached hydrogens (tertiary/aromatic N) is 4. The Balaban J connectivity index is 0.00000349. The van der Waals surface area contributed by atoms with Gasteiger partial charge in [0.25, 0.3) is 0 Å². The topological polar surface area (TPSA) is 43.8 Å². The summed E-state index contributed by atoms with van der Waals surface area (Å²) < 4.78 is 11.1. The molecule has 6 heteroatoms. The molecular weight excluding hydrogens is 832 g/mol. The Bertz CT molecular complexity index is 3230. The van der Waals surface area contributed by atoms with Crippen LogP contribution in [-0.2, 0) is 21.1 Å². The van der Waals surface area contributed by atoms with Crippen molar-refractivity contribution >= 4 is 65.5 Å². The minimum Gasteiger partial charge on any atom is -0.503 e. The predicted octanol–water partition coefficient (Wildman–Crippen LogP) is 11.8. The minimum atomic E-state index is 0. The zero-order valence-corrected chi connectivity index (χ0v) is 31.4. The molecule has 5 nitrogen and oxygen atoms in total. The van der Waals surface area contributed by atoms with E-state index in [1.165, 1.54) is 44.2 Å². The van der Waals surface area contributed by atoms with Gasteiger partial charge in [0, 0.05) is 51.3 Å². The van der Waals surface area contributed by atoms with Crippen LogP contribution in [0.5, 0.6) is 11.5 Å². The van der Waals surface area contributed by atoms with Crippen molar-refractivity contribution in [1.82, 2.24) is 18.8 Å². The first-order valence-electron chi connectivity index (χ1n) is 17.6. The van der Waals surface area contributed by atoms with E-state index >= 15 is 0 Å². The van der Waals surface area contributed by atoms with Crippen molar-refractivity contribution in [1.29, 1.82) is 0 Å². The number of aromatic nitrogens is 4. The van der Waals surface area contributed by atoms with Crippen LogP contribution >= 0.6 is 0 Å². The Kier molecular flexibility index (Phi) is 7.02. The molecule has 11 rings (SSSR count). The maximum Gasteiger partial charge on any atom is 2.00 e. The largest absolute Gasteiger partial charge is 2.00 e. The van der Waals surface area contributed by atoms with Gasteiger partial charge in [0.05, 0.1) is 11.3 Å². The fourth-order valence-electron chi connectivity index (χ4n) is 8.60. The summed E-state index contributed by atoms with van der Waals surface area (Å²) in [5.41, 5.74) is 13.1. The van der Waals surface area contributed by atoms with Crippen molar-refractivity contribution in [3.63, 3.8) is 0 Å². The van der Waals surface area contributed by atoms with E-state index in [9.17, 15) is 0 Å². The normalized spacial score (nSPS) is 11.9. The first kappa shape index (κ1) is 31.7. The van der Waals surface area contributed by atoms with Crippen LogP contribution in [0.15, 0.2) is 128 Å². The van der Waals surface area contributed by atoms with Gasteiger partial charge in [-0.3, -0.25) is 4.98 Å². The quantitative estimate of drug-likeness (QED) is 0.131. The molecule has 5 heterocycles. The van der Waals surface area contributed by atoms with E-state index in [2.05, 4.69) is 151 Å². The number of aryl methyl sites for hydroxylation is 3. The molecule has 5 aromatic heterocycles. The number of ether oxygens (including phenoxy) is 1. The molecule has 11 aromatic rings. The van der Waals surface area contributed by atoms with Gasteiger partial charge in [0.2, 0.25) is 0 Å². The van der Waals surface area contributed by atoms with Gasteiger partial charge < -0.3 is 13.5 Å². The van der Waals surface area contributed by atoms with Crippen molar-refractivity contribution in [2.75, 3.05) is 0 Å². The molecule has 0 amide bonds. The molecule has 0 aliphatic carbocycles. The third-order valence-corrected chi connectivity index (χ3v) is 10.6. The van der Waals surface area contributed by atoms with Crippen LogP contribution in [0.25, 0.3) is 87.9 Å². The van der Waals surface area contributed by atoms with Crippen molar-refractivity contribution in [3.8, 4) is 33.9 Å². The van der Waals surface area contributed by atoms with Gasteiger partial charge in [-0.2, -0.15) is 6.07 Å². The average Bonchev–Trinajstić information content (AvgIpc) is 3.85. The molecule has 0 atom stereocenters. The van der Waals surface area contributed by atoms with Crippen LogP contribution in [0.4, 0.5) is 0 Å². The number of rotatable bonds is 4. The first-order chi connectivity index (χ1) is 25.5. The summed E-state index contributed by atoms with van der Waals surface area (Å²) in [5.74, 6) is 1.22. The minimum absolute atomic E-state index is 0. The summed E-state index contributed by atoms with van der Waals surface area (Å²) in [6.45, 7) is 6.47. The first-order valence-corrected chi connectivity index (χ1v) is 17.6. The molecule has 0 spiro atoms. The molecule has 0 bridgehead atoms. The number of pyridine rings is 2. The van der Waals surface area contributed by atoms with E-state index in [0.717, 1.165) is 60.5 Å². The number of hydrogen-bond acceptors (Lipinski definition) is 3. The summed E-state index contributed by atoms with van der Waals surface area (Å²) in [5, 5.41) is 7.75. The maximum atomic E-state index is 6.61. The predicted molar refractivity (Wildman–Crippen MR) is 212 cm³/mol. The molecule has 0 unspecified atom stereocenters. The second-order valence-electron chi connectivity index (χ2n) is 13.9. The van der Waals surface area contributed by atoms with E-state index in [1.807, 2.05) is 18.3 Å². The van der Waals surface area contributed by atoms with E-state index in [4.69, 9.17) is 14.7 Å². The number of fused-ring (bicyclic) bond motifs is 12. The fourth-order valence-corrected chi connectivity index (χ4v) is 8.60. The van der Waals surface area contributed by atoms with Gasteiger partial charge in [-0.15, -0.1) is 29.7 Å². The van der Waals surface area contributed by atoms with Gasteiger partial charge >= 0.3 is 21.1 Å². The third-order valence-electron chi connectivity index (χ3n) is 10.6. The number of para-hydroxylation sites is 2. The molecule has 6 aromatic carbocycles. The second-order valence-corrected chi connectivity index (χ2v) is 13.9. The molecule has 0 fully saturated rings. The molecule has 0 saturated carbocycles. The van der Waals surface area contributed by atoms with Crippen LogP contribution in [0.2, 0.25) is 0 Å². The van der Waals surface area contributed by atoms with Crippen molar-refractivity contribution in [2.45, 2.75) is 20.8 Å². The van der Waals surface area contributed by atoms with E-state index in [1.54, 1.807) is 0 Å². The molecule has 0 aliphatic heterocycles. The smallest absolute Gasteiger partial charge is 0.503 e. The summed E-state index contributed by atoms with van der Waals surface area (Å²) in [7, 11) is 0. The third kappa shape index (κ3) is 4.60. The monoisotopic (exact) mass is 861 g/mol. The number of imidazole rings is 1. The van der Waals surface area contributed by atoms with Crippen LogP contribution in [0.3, 0.4) is 0 Å². The number of benzene rings is 6. The van der Waals surface area contributed by atoms with Crippen LogP contribution in [0.1, 0.15) is 16.7 Å². The summed E-state index contributed by atoms with van der Waals surface area (Å²) in [6.07, 6.45) is 4.07. The Morgan fingerprint density at radius 3 is 2.19 bits per heavy atom. The molecule has 0 aliphatic rings. The van der Waals surface area contributed by atoms with Gasteiger partial charge in [-0.05, 0) is 65.9 Å². The van der Waals surface area contributed by atoms with Gasteiger partial charge in [0.15, 0.2) is 0 Å². The summed E-state index contributed by atoms with van der Waals surface area (Å²) in [4.78, 5) is 10.2. The van der Waals surface area contributed by atoms with Crippen molar-refractivity contribution < 1.29 is 25.8 Å². The van der Waals surface area contributed by atoms with Crippen LogP contribution in [0, 0.1) is 32.9 Å². The molecule has 0 radical (unpaired) electrons. The molecule has 0 N–H and O–H groups in total. The Morgan fingerprint density at radius 2 is 1.36 bits per heavy atom. The Labute approximate surface area is 319 Å². The van der Waals surface area contributed by atoms with Gasteiger partial charge in [0.1, 0.15) is 5.65 Å². The second kappa shape index (κ2) is 11.7.